The zero-order chi connectivity index (χ0) is 13.9. The monoisotopic (exact) mass is 262 g/mol. The minimum Gasteiger partial charge on any atom is -0.298 e. The van der Waals surface area contributed by atoms with Gasteiger partial charge >= 0.3 is 0 Å². The van der Waals surface area contributed by atoms with Crippen LogP contribution in [0.5, 0.6) is 0 Å². The minimum absolute atomic E-state index is 0.675. The van der Waals surface area contributed by atoms with E-state index in [2.05, 4.69) is 5.10 Å². The summed E-state index contributed by atoms with van der Waals surface area (Å²) in [6.45, 7) is 2.04. The molecule has 98 valence electrons. The van der Waals surface area contributed by atoms with Crippen LogP contribution >= 0.6 is 0 Å². The fraction of sp³-hybridized carbons (Fsp3) is 0.0588. The third-order valence-electron chi connectivity index (χ3n) is 3.24. The number of benzene rings is 2. The van der Waals surface area contributed by atoms with E-state index in [-0.39, 0.29) is 0 Å². The average molecular weight is 262 g/mol. The Labute approximate surface area is 117 Å². The van der Waals surface area contributed by atoms with Gasteiger partial charge in [-0.3, -0.25) is 4.79 Å². The summed E-state index contributed by atoms with van der Waals surface area (Å²) in [7, 11) is 0. The van der Waals surface area contributed by atoms with Crippen molar-refractivity contribution in [3.63, 3.8) is 0 Å². The molecule has 0 atom stereocenters. The molecule has 0 N–H and O–H groups in total. The molecule has 0 saturated carbocycles. The van der Waals surface area contributed by atoms with Gasteiger partial charge in [0.2, 0.25) is 0 Å². The summed E-state index contributed by atoms with van der Waals surface area (Å²) in [5.41, 5.74) is 4.77. The van der Waals surface area contributed by atoms with E-state index in [0.29, 0.717) is 5.56 Å². The Hall–Kier alpha value is -2.68. The van der Waals surface area contributed by atoms with E-state index in [9.17, 15) is 4.79 Å². The molecule has 3 heteroatoms. The molecule has 20 heavy (non-hydrogen) atoms. The van der Waals surface area contributed by atoms with Gasteiger partial charge in [0.05, 0.1) is 11.4 Å². The van der Waals surface area contributed by atoms with Crippen molar-refractivity contribution in [3.05, 3.63) is 71.9 Å². The van der Waals surface area contributed by atoms with Gasteiger partial charge in [0.25, 0.3) is 0 Å². The lowest BCUT2D eigenvalue weighted by Gasteiger charge is -2.00. The Morgan fingerprint density at radius 2 is 1.70 bits per heavy atom. The van der Waals surface area contributed by atoms with Crippen LogP contribution in [0.15, 0.2) is 60.8 Å². The Morgan fingerprint density at radius 3 is 2.35 bits per heavy atom. The first-order valence-corrected chi connectivity index (χ1v) is 6.45. The molecule has 0 unspecified atom stereocenters. The van der Waals surface area contributed by atoms with Crippen LogP contribution in [0.25, 0.3) is 16.9 Å². The summed E-state index contributed by atoms with van der Waals surface area (Å²) in [6, 6.07) is 17.5. The maximum absolute atomic E-state index is 10.7. The first-order valence-electron chi connectivity index (χ1n) is 6.45. The fourth-order valence-electron chi connectivity index (χ4n) is 2.18. The van der Waals surface area contributed by atoms with Crippen LogP contribution < -0.4 is 0 Å². The van der Waals surface area contributed by atoms with Gasteiger partial charge in [-0.1, -0.05) is 42.5 Å². The molecule has 0 radical (unpaired) electrons. The van der Waals surface area contributed by atoms with Crippen LogP contribution in [0.1, 0.15) is 15.9 Å². The van der Waals surface area contributed by atoms with Crippen molar-refractivity contribution in [2.24, 2.45) is 0 Å². The predicted octanol–water partition coefficient (Wildman–Crippen LogP) is 3.66. The zero-order valence-corrected chi connectivity index (χ0v) is 11.2. The van der Waals surface area contributed by atoms with Crippen LogP contribution in [-0.2, 0) is 0 Å². The van der Waals surface area contributed by atoms with Crippen LogP contribution in [0.4, 0.5) is 0 Å². The van der Waals surface area contributed by atoms with E-state index in [0.717, 1.165) is 28.8 Å². The van der Waals surface area contributed by atoms with Crippen LogP contribution in [-0.4, -0.2) is 16.1 Å². The molecule has 0 bridgehead atoms. The van der Waals surface area contributed by atoms with E-state index in [4.69, 9.17) is 0 Å². The summed E-state index contributed by atoms with van der Waals surface area (Å²) in [6.07, 6.45) is 2.86. The second kappa shape index (κ2) is 5.13. The normalized spacial score (nSPS) is 10.4. The van der Waals surface area contributed by atoms with Crippen molar-refractivity contribution >= 4 is 6.29 Å². The van der Waals surface area contributed by atoms with E-state index in [1.54, 1.807) is 0 Å². The lowest BCUT2D eigenvalue weighted by Crippen LogP contribution is -1.94. The second-order valence-electron chi connectivity index (χ2n) is 4.68. The van der Waals surface area contributed by atoms with Crippen molar-refractivity contribution in [2.75, 3.05) is 0 Å². The number of aromatic nitrogens is 2. The van der Waals surface area contributed by atoms with Gasteiger partial charge in [-0.05, 0) is 24.6 Å². The first kappa shape index (κ1) is 12.4. The van der Waals surface area contributed by atoms with Crippen molar-refractivity contribution in [3.8, 4) is 16.9 Å². The second-order valence-corrected chi connectivity index (χ2v) is 4.68. The summed E-state index contributed by atoms with van der Waals surface area (Å²) < 4.78 is 1.87. The number of para-hydroxylation sites is 1. The lowest BCUT2D eigenvalue weighted by molar-refractivity contribution is 0.112. The number of rotatable bonds is 3. The number of nitrogens with zero attached hydrogens (tertiary/aromatic N) is 2. The smallest absolute Gasteiger partial charge is 0.150 e. The molecule has 3 rings (SSSR count). The largest absolute Gasteiger partial charge is 0.298 e. The van der Waals surface area contributed by atoms with Gasteiger partial charge in [-0.15, -0.1) is 0 Å². The molecule has 0 aliphatic rings. The van der Waals surface area contributed by atoms with Gasteiger partial charge < -0.3 is 0 Å². The minimum atomic E-state index is 0.675. The van der Waals surface area contributed by atoms with Crippen LogP contribution in [0.2, 0.25) is 0 Å². The third kappa shape index (κ3) is 2.26. The standard InChI is InChI=1S/C17H14N2O/c1-13-11-19(16-5-3-2-4-6-16)18-17(13)15-9-7-14(12-20)8-10-15/h2-12H,1H3. The van der Waals surface area contributed by atoms with Crippen molar-refractivity contribution in [1.82, 2.24) is 9.78 Å². The quantitative estimate of drug-likeness (QED) is 0.675. The highest BCUT2D eigenvalue weighted by Crippen LogP contribution is 2.23. The van der Waals surface area contributed by atoms with Gasteiger partial charge in [-0.25, -0.2) is 4.68 Å². The van der Waals surface area contributed by atoms with Crippen molar-refractivity contribution < 1.29 is 4.79 Å². The number of aryl methyl sites for hydroxylation is 1. The van der Waals surface area contributed by atoms with E-state index in [1.807, 2.05) is 72.4 Å². The Kier molecular flexibility index (Phi) is 3.17. The molecule has 0 fully saturated rings. The van der Waals surface area contributed by atoms with E-state index >= 15 is 0 Å². The molecular weight excluding hydrogens is 248 g/mol. The lowest BCUT2D eigenvalue weighted by atomic mass is 10.1. The molecule has 0 saturated heterocycles. The highest BCUT2D eigenvalue weighted by Gasteiger charge is 2.08. The van der Waals surface area contributed by atoms with Crippen LogP contribution in [0.3, 0.4) is 0 Å². The molecule has 1 heterocycles. The highest BCUT2D eigenvalue weighted by atomic mass is 16.1. The molecule has 0 aliphatic carbocycles. The summed E-state index contributed by atoms with van der Waals surface area (Å²) >= 11 is 0. The van der Waals surface area contributed by atoms with Gasteiger partial charge in [-0.2, -0.15) is 5.10 Å². The Balaban J connectivity index is 2.02. The third-order valence-corrected chi connectivity index (χ3v) is 3.24. The van der Waals surface area contributed by atoms with Crippen LogP contribution in [0, 0.1) is 6.92 Å². The maximum atomic E-state index is 10.7. The number of aldehydes is 1. The molecule has 0 aliphatic heterocycles. The SMILES string of the molecule is Cc1cn(-c2ccccc2)nc1-c1ccc(C=O)cc1. The first-order chi connectivity index (χ1) is 9.78. The molecule has 3 aromatic rings. The van der Waals surface area contributed by atoms with E-state index < -0.39 is 0 Å². The van der Waals surface area contributed by atoms with Gasteiger partial charge in [0.1, 0.15) is 6.29 Å². The predicted molar refractivity (Wildman–Crippen MR) is 79.1 cm³/mol. The average Bonchev–Trinajstić information content (AvgIpc) is 2.90. The van der Waals surface area contributed by atoms with Gasteiger partial charge in [0, 0.05) is 17.3 Å². The number of hydrogen-bond donors (Lipinski definition) is 0. The Bertz CT molecular complexity index is 727. The number of hydrogen-bond acceptors (Lipinski definition) is 2. The number of carbonyl (C=O) groups excluding carboxylic acids is 1. The summed E-state index contributed by atoms with van der Waals surface area (Å²) in [5.74, 6) is 0. The molecular formula is C17H14N2O. The zero-order valence-electron chi connectivity index (χ0n) is 11.2. The fourth-order valence-corrected chi connectivity index (χ4v) is 2.18. The Morgan fingerprint density at radius 1 is 1.00 bits per heavy atom. The summed E-state index contributed by atoms with van der Waals surface area (Å²) in [4.78, 5) is 10.7. The molecule has 3 nitrogen and oxygen atoms in total. The van der Waals surface area contributed by atoms with E-state index in [1.165, 1.54) is 0 Å². The molecule has 0 spiro atoms. The summed E-state index contributed by atoms with van der Waals surface area (Å²) in [5, 5.41) is 4.63. The number of carbonyl (C=O) groups is 1. The van der Waals surface area contributed by atoms with Crippen molar-refractivity contribution in [1.29, 1.82) is 0 Å². The molecule has 1 aromatic heterocycles. The molecule has 2 aromatic carbocycles. The van der Waals surface area contributed by atoms with Crippen molar-refractivity contribution in [2.45, 2.75) is 6.92 Å². The highest BCUT2D eigenvalue weighted by molar-refractivity contribution is 5.76. The van der Waals surface area contributed by atoms with Gasteiger partial charge in [0.15, 0.2) is 0 Å². The maximum Gasteiger partial charge on any atom is 0.150 e. The topological polar surface area (TPSA) is 34.9 Å². The molecule has 0 amide bonds.